The Morgan fingerprint density at radius 2 is 1.45 bits per heavy atom. The fourth-order valence-corrected chi connectivity index (χ4v) is 2.20. The Kier molecular flexibility index (Phi) is 4.77. The van der Waals surface area contributed by atoms with Gasteiger partial charge in [-0.25, -0.2) is 0 Å². The molecule has 0 radical (unpaired) electrons. The van der Waals surface area contributed by atoms with Gasteiger partial charge in [0.1, 0.15) is 5.75 Å². The summed E-state index contributed by atoms with van der Waals surface area (Å²) in [5, 5.41) is 0. The summed E-state index contributed by atoms with van der Waals surface area (Å²) in [5.74, 6) is 0.849. The first-order chi connectivity index (χ1) is 9.60. The predicted octanol–water partition coefficient (Wildman–Crippen LogP) is 2.80. The zero-order valence-electron chi connectivity index (χ0n) is 12.3. The Morgan fingerprint density at radius 1 is 0.950 bits per heavy atom. The fourth-order valence-electron chi connectivity index (χ4n) is 2.20. The third kappa shape index (κ3) is 3.59. The van der Waals surface area contributed by atoms with Crippen LogP contribution in [-0.2, 0) is 6.54 Å². The van der Waals surface area contributed by atoms with E-state index in [1.54, 1.807) is 7.11 Å². The Hall–Kier alpha value is -1.84. The van der Waals surface area contributed by atoms with Crippen LogP contribution >= 0.6 is 0 Å². The van der Waals surface area contributed by atoms with Gasteiger partial charge >= 0.3 is 0 Å². The van der Waals surface area contributed by atoms with Gasteiger partial charge in [0.25, 0.3) is 0 Å². The molecule has 0 saturated carbocycles. The predicted molar refractivity (Wildman–Crippen MR) is 82.9 cm³/mol. The minimum Gasteiger partial charge on any atom is -0.497 e. The molecule has 1 unspecified atom stereocenters. The van der Waals surface area contributed by atoms with E-state index < -0.39 is 0 Å². The van der Waals surface area contributed by atoms with Gasteiger partial charge in [-0.3, -0.25) is 0 Å². The van der Waals surface area contributed by atoms with E-state index in [2.05, 4.69) is 43.3 Å². The van der Waals surface area contributed by atoms with E-state index in [0.717, 1.165) is 23.4 Å². The van der Waals surface area contributed by atoms with Crippen LogP contribution in [-0.4, -0.2) is 26.1 Å². The number of hydrogen-bond acceptors (Lipinski definition) is 3. The summed E-state index contributed by atoms with van der Waals surface area (Å²) < 4.78 is 5.16. The second-order valence-electron chi connectivity index (χ2n) is 5.23. The molecule has 2 rings (SSSR count). The largest absolute Gasteiger partial charge is 0.497 e. The molecule has 106 valence electrons. The molecule has 0 aliphatic rings. The summed E-state index contributed by atoms with van der Waals surface area (Å²) in [5.41, 5.74) is 9.81. The lowest BCUT2D eigenvalue weighted by molar-refractivity contribution is 0.402. The molecule has 0 fully saturated rings. The average molecular weight is 270 g/mol. The first kappa shape index (κ1) is 14.6. The second-order valence-corrected chi connectivity index (χ2v) is 5.23. The van der Waals surface area contributed by atoms with Crippen molar-refractivity contribution in [1.82, 2.24) is 4.90 Å². The van der Waals surface area contributed by atoms with Gasteiger partial charge < -0.3 is 15.4 Å². The maximum absolute atomic E-state index is 6.31. The Morgan fingerprint density at radius 3 is 1.90 bits per heavy atom. The molecule has 3 heteroatoms. The van der Waals surface area contributed by atoms with E-state index in [0.29, 0.717) is 0 Å². The molecule has 3 nitrogen and oxygen atoms in total. The summed E-state index contributed by atoms with van der Waals surface area (Å²) in [6.07, 6.45) is 0. The van der Waals surface area contributed by atoms with Crippen LogP contribution in [0.4, 0.5) is 0 Å². The van der Waals surface area contributed by atoms with Gasteiger partial charge in [0.05, 0.1) is 13.2 Å². The smallest absolute Gasteiger partial charge is 0.118 e. The molecule has 0 aromatic heterocycles. The molecule has 2 aromatic rings. The molecule has 20 heavy (non-hydrogen) atoms. The van der Waals surface area contributed by atoms with Gasteiger partial charge in [-0.05, 0) is 42.9 Å². The molecule has 0 spiro atoms. The number of nitrogens with zero attached hydrogens (tertiary/aromatic N) is 1. The summed E-state index contributed by atoms with van der Waals surface area (Å²) in [6, 6.07) is 16.3. The fraction of sp³-hybridized carbons (Fsp3) is 0.294. The maximum atomic E-state index is 6.31. The molecule has 0 saturated heterocycles. The zero-order chi connectivity index (χ0) is 14.5. The first-order valence-electron chi connectivity index (χ1n) is 6.73. The molecule has 2 aromatic carbocycles. The van der Waals surface area contributed by atoms with E-state index >= 15 is 0 Å². The van der Waals surface area contributed by atoms with Crippen molar-refractivity contribution >= 4 is 0 Å². The number of benzene rings is 2. The van der Waals surface area contributed by atoms with Crippen LogP contribution in [0.5, 0.6) is 5.75 Å². The molecule has 2 N–H and O–H groups in total. The van der Waals surface area contributed by atoms with Crippen molar-refractivity contribution in [2.24, 2.45) is 5.73 Å². The van der Waals surface area contributed by atoms with Gasteiger partial charge in [0.15, 0.2) is 0 Å². The average Bonchev–Trinajstić information content (AvgIpc) is 2.47. The summed E-state index contributed by atoms with van der Waals surface area (Å²) in [6.45, 7) is 0.943. The van der Waals surface area contributed by atoms with E-state index in [9.17, 15) is 0 Å². The van der Waals surface area contributed by atoms with Crippen LogP contribution in [0, 0.1) is 0 Å². The van der Waals surface area contributed by atoms with Gasteiger partial charge in [-0.1, -0.05) is 36.4 Å². The monoisotopic (exact) mass is 270 g/mol. The van der Waals surface area contributed by atoms with E-state index in [1.807, 2.05) is 24.3 Å². The molecule has 0 aliphatic heterocycles. The molecule has 0 heterocycles. The zero-order valence-corrected chi connectivity index (χ0v) is 12.3. The van der Waals surface area contributed by atoms with Crippen molar-refractivity contribution in [1.29, 1.82) is 0 Å². The third-order valence-electron chi connectivity index (χ3n) is 3.31. The molecule has 0 amide bonds. The van der Waals surface area contributed by atoms with Gasteiger partial charge in [-0.15, -0.1) is 0 Å². The van der Waals surface area contributed by atoms with Gasteiger partial charge in [0, 0.05) is 6.54 Å². The Labute approximate surface area is 121 Å². The number of nitrogens with two attached hydrogens (primary N) is 1. The number of methoxy groups -OCH3 is 1. The SMILES string of the molecule is COc1ccc(C(N)c2ccc(CN(C)C)cc2)cc1. The lowest BCUT2D eigenvalue weighted by atomic mass is 9.98. The minimum atomic E-state index is -0.102. The van der Waals surface area contributed by atoms with Crippen molar-refractivity contribution in [3.63, 3.8) is 0 Å². The van der Waals surface area contributed by atoms with Crippen LogP contribution in [0.1, 0.15) is 22.7 Å². The summed E-state index contributed by atoms with van der Waals surface area (Å²) in [7, 11) is 5.80. The molecular formula is C17H22N2O. The van der Waals surface area contributed by atoms with Crippen LogP contribution in [0.15, 0.2) is 48.5 Å². The molecular weight excluding hydrogens is 248 g/mol. The van der Waals surface area contributed by atoms with Crippen LogP contribution in [0.2, 0.25) is 0 Å². The van der Waals surface area contributed by atoms with Crippen molar-refractivity contribution in [3.8, 4) is 5.75 Å². The highest BCUT2D eigenvalue weighted by Crippen LogP contribution is 2.22. The first-order valence-corrected chi connectivity index (χ1v) is 6.73. The molecule has 1 atom stereocenters. The molecule has 0 bridgehead atoms. The standard InChI is InChI=1S/C17H22N2O/c1-19(2)12-13-4-6-14(7-5-13)17(18)15-8-10-16(20-3)11-9-15/h4-11,17H,12,18H2,1-3H3. The van der Waals surface area contributed by atoms with Crippen LogP contribution < -0.4 is 10.5 Å². The van der Waals surface area contributed by atoms with Crippen molar-refractivity contribution < 1.29 is 4.74 Å². The van der Waals surface area contributed by atoms with Gasteiger partial charge in [-0.2, -0.15) is 0 Å². The quantitative estimate of drug-likeness (QED) is 0.908. The number of hydrogen-bond donors (Lipinski definition) is 1. The van der Waals surface area contributed by atoms with E-state index in [4.69, 9.17) is 10.5 Å². The lowest BCUT2D eigenvalue weighted by Crippen LogP contribution is -2.13. The lowest BCUT2D eigenvalue weighted by Gasteiger charge is -2.15. The normalized spacial score (nSPS) is 12.4. The van der Waals surface area contributed by atoms with Crippen molar-refractivity contribution in [3.05, 3.63) is 65.2 Å². The summed E-state index contributed by atoms with van der Waals surface area (Å²) >= 11 is 0. The number of ether oxygens (including phenoxy) is 1. The summed E-state index contributed by atoms with van der Waals surface area (Å²) in [4.78, 5) is 2.15. The highest BCUT2D eigenvalue weighted by Gasteiger charge is 2.09. The van der Waals surface area contributed by atoms with Crippen molar-refractivity contribution in [2.75, 3.05) is 21.2 Å². The van der Waals surface area contributed by atoms with Crippen molar-refractivity contribution in [2.45, 2.75) is 12.6 Å². The Bertz CT molecular complexity index is 532. The Balaban J connectivity index is 2.13. The van der Waals surface area contributed by atoms with Gasteiger partial charge in [0.2, 0.25) is 0 Å². The highest BCUT2D eigenvalue weighted by atomic mass is 16.5. The van der Waals surface area contributed by atoms with E-state index in [1.165, 1.54) is 5.56 Å². The van der Waals surface area contributed by atoms with E-state index in [-0.39, 0.29) is 6.04 Å². The topological polar surface area (TPSA) is 38.5 Å². The van der Waals surface area contributed by atoms with Crippen LogP contribution in [0.25, 0.3) is 0 Å². The minimum absolute atomic E-state index is 0.102. The third-order valence-corrected chi connectivity index (χ3v) is 3.31. The molecule has 0 aliphatic carbocycles. The number of rotatable bonds is 5. The second kappa shape index (κ2) is 6.55. The highest BCUT2D eigenvalue weighted by molar-refractivity contribution is 5.36. The van der Waals surface area contributed by atoms with Crippen LogP contribution in [0.3, 0.4) is 0 Å². The maximum Gasteiger partial charge on any atom is 0.118 e.